The van der Waals surface area contributed by atoms with Gasteiger partial charge in [-0.1, -0.05) is 11.6 Å². The van der Waals surface area contributed by atoms with Crippen LogP contribution in [0, 0.1) is 13.8 Å². The second-order valence-corrected chi connectivity index (χ2v) is 4.44. The molecule has 62 valence electrons. The fraction of sp³-hybridized carbons (Fsp3) is 0.222. The summed E-state index contributed by atoms with van der Waals surface area (Å²) in [5, 5.41) is 1.91. The Balaban J connectivity index is 2.83. The number of rotatable bonds is 0. The van der Waals surface area contributed by atoms with E-state index >= 15 is 0 Å². The van der Waals surface area contributed by atoms with E-state index < -0.39 is 0 Å². The smallest absolute Gasteiger partial charge is 0.0907 e. The number of hydrogen-bond acceptors (Lipinski definition) is 2. The molecule has 0 aliphatic carbocycles. The molecule has 0 aliphatic rings. The van der Waals surface area contributed by atoms with E-state index in [9.17, 15) is 0 Å². The molecule has 0 saturated carbocycles. The summed E-state index contributed by atoms with van der Waals surface area (Å²) in [7, 11) is 0. The lowest BCUT2D eigenvalue weighted by Crippen LogP contribution is -1.74. The number of thiazole rings is 1. The Labute approximate surface area is 80.0 Å². The summed E-state index contributed by atoms with van der Waals surface area (Å²) in [5.41, 5.74) is 2.15. The SMILES string of the molecule is Cc1nc2cc(C)c(Cl)cc2s1. The van der Waals surface area contributed by atoms with Gasteiger partial charge in [-0.2, -0.15) is 0 Å². The van der Waals surface area contributed by atoms with E-state index in [-0.39, 0.29) is 0 Å². The van der Waals surface area contributed by atoms with Crippen molar-refractivity contribution in [3.63, 3.8) is 0 Å². The van der Waals surface area contributed by atoms with Crippen LogP contribution in [0.3, 0.4) is 0 Å². The van der Waals surface area contributed by atoms with Crippen molar-refractivity contribution in [1.82, 2.24) is 4.98 Å². The molecular formula is C9H8ClNS. The Morgan fingerprint density at radius 1 is 1.33 bits per heavy atom. The standard InChI is InChI=1S/C9H8ClNS/c1-5-3-8-9(4-7(5)10)12-6(2)11-8/h3-4H,1-2H3. The number of halogens is 1. The van der Waals surface area contributed by atoms with E-state index in [4.69, 9.17) is 11.6 Å². The molecule has 0 fully saturated rings. The third-order valence-electron chi connectivity index (χ3n) is 1.78. The van der Waals surface area contributed by atoms with Crippen molar-refractivity contribution in [2.24, 2.45) is 0 Å². The Morgan fingerprint density at radius 3 is 2.83 bits per heavy atom. The molecule has 0 radical (unpaired) electrons. The van der Waals surface area contributed by atoms with Gasteiger partial charge in [0.25, 0.3) is 0 Å². The molecule has 0 bridgehead atoms. The molecule has 1 aromatic heterocycles. The minimum absolute atomic E-state index is 0.825. The average molecular weight is 198 g/mol. The van der Waals surface area contributed by atoms with Crippen molar-refractivity contribution in [3.8, 4) is 0 Å². The van der Waals surface area contributed by atoms with E-state index in [0.29, 0.717) is 0 Å². The van der Waals surface area contributed by atoms with Crippen molar-refractivity contribution in [2.75, 3.05) is 0 Å². The summed E-state index contributed by atoms with van der Waals surface area (Å²) >= 11 is 7.66. The van der Waals surface area contributed by atoms with Crippen molar-refractivity contribution in [1.29, 1.82) is 0 Å². The Morgan fingerprint density at radius 2 is 2.08 bits per heavy atom. The zero-order chi connectivity index (χ0) is 8.72. The summed E-state index contributed by atoms with van der Waals surface area (Å²) in [6, 6.07) is 4.01. The summed E-state index contributed by atoms with van der Waals surface area (Å²) in [5.74, 6) is 0. The first-order chi connectivity index (χ1) is 5.66. The van der Waals surface area contributed by atoms with Gasteiger partial charge >= 0.3 is 0 Å². The molecule has 1 heterocycles. The molecule has 0 aliphatic heterocycles. The fourth-order valence-corrected chi connectivity index (χ4v) is 2.25. The Hall–Kier alpha value is -0.600. The maximum atomic E-state index is 5.98. The predicted octanol–water partition coefficient (Wildman–Crippen LogP) is 3.57. The van der Waals surface area contributed by atoms with Gasteiger partial charge in [-0.05, 0) is 31.5 Å². The number of aromatic nitrogens is 1. The van der Waals surface area contributed by atoms with Gasteiger partial charge in [-0.3, -0.25) is 0 Å². The molecule has 0 N–H and O–H groups in total. The number of benzene rings is 1. The topological polar surface area (TPSA) is 12.9 Å². The average Bonchev–Trinajstić information content (AvgIpc) is 2.30. The van der Waals surface area contributed by atoms with Gasteiger partial charge in [0.1, 0.15) is 0 Å². The minimum atomic E-state index is 0.825. The maximum Gasteiger partial charge on any atom is 0.0907 e. The van der Waals surface area contributed by atoms with Gasteiger partial charge in [-0.25, -0.2) is 4.98 Å². The van der Waals surface area contributed by atoms with E-state index in [1.54, 1.807) is 11.3 Å². The zero-order valence-electron chi connectivity index (χ0n) is 6.89. The first-order valence-electron chi connectivity index (χ1n) is 3.70. The lowest BCUT2D eigenvalue weighted by atomic mass is 10.2. The molecule has 0 amide bonds. The van der Waals surface area contributed by atoms with E-state index in [1.165, 1.54) is 4.70 Å². The predicted molar refractivity (Wildman–Crippen MR) is 54.1 cm³/mol. The number of hydrogen-bond donors (Lipinski definition) is 0. The molecule has 1 aromatic carbocycles. The van der Waals surface area contributed by atoms with Crippen LogP contribution >= 0.6 is 22.9 Å². The van der Waals surface area contributed by atoms with Crippen LogP contribution in [0.2, 0.25) is 5.02 Å². The highest BCUT2D eigenvalue weighted by molar-refractivity contribution is 7.18. The molecule has 12 heavy (non-hydrogen) atoms. The van der Waals surface area contributed by atoms with E-state index in [2.05, 4.69) is 4.98 Å². The molecule has 0 spiro atoms. The third-order valence-corrected chi connectivity index (χ3v) is 3.12. The molecular weight excluding hydrogens is 190 g/mol. The summed E-state index contributed by atoms with van der Waals surface area (Å²) in [6.45, 7) is 4.00. The normalized spacial score (nSPS) is 10.9. The van der Waals surface area contributed by atoms with Crippen molar-refractivity contribution in [2.45, 2.75) is 13.8 Å². The molecule has 1 nitrogen and oxygen atoms in total. The maximum absolute atomic E-state index is 5.98. The third kappa shape index (κ3) is 1.21. The van der Waals surface area contributed by atoms with Crippen LogP contribution in [-0.4, -0.2) is 4.98 Å². The van der Waals surface area contributed by atoms with Crippen LogP contribution in [-0.2, 0) is 0 Å². The molecule has 3 heteroatoms. The van der Waals surface area contributed by atoms with E-state index in [1.807, 2.05) is 26.0 Å². The highest BCUT2D eigenvalue weighted by atomic mass is 35.5. The second-order valence-electron chi connectivity index (χ2n) is 2.80. The highest BCUT2D eigenvalue weighted by Gasteiger charge is 2.02. The van der Waals surface area contributed by atoms with Crippen LogP contribution in [0.15, 0.2) is 12.1 Å². The van der Waals surface area contributed by atoms with Crippen molar-refractivity contribution < 1.29 is 0 Å². The summed E-state index contributed by atoms with van der Waals surface area (Å²) < 4.78 is 1.17. The monoisotopic (exact) mass is 197 g/mol. The Kier molecular flexibility index (Phi) is 1.81. The summed E-state index contributed by atoms with van der Waals surface area (Å²) in [6.07, 6.45) is 0. The highest BCUT2D eigenvalue weighted by Crippen LogP contribution is 2.27. The van der Waals surface area contributed by atoms with Gasteiger partial charge < -0.3 is 0 Å². The quantitative estimate of drug-likeness (QED) is 0.629. The van der Waals surface area contributed by atoms with Gasteiger partial charge in [0.15, 0.2) is 0 Å². The van der Waals surface area contributed by atoms with Gasteiger partial charge in [-0.15, -0.1) is 11.3 Å². The van der Waals surface area contributed by atoms with Crippen LogP contribution in [0.25, 0.3) is 10.2 Å². The first-order valence-corrected chi connectivity index (χ1v) is 4.89. The van der Waals surface area contributed by atoms with Crippen LogP contribution in [0.5, 0.6) is 0 Å². The number of nitrogens with zero attached hydrogens (tertiary/aromatic N) is 1. The van der Waals surface area contributed by atoms with E-state index in [0.717, 1.165) is 21.1 Å². The van der Waals surface area contributed by atoms with Crippen LogP contribution < -0.4 is 0 Å². The molecule has 0 atom stereocenters. The first kappa shape index (κ1) is 8.02. The second kappa shape index (κ2) is 2.71. The van der Waals surface area contributed by atoms with Crippen LogP contribution in [0.1, 0.15) is 10.6 Å². The van der Waals surface area contributed by atoms with Gasteiger partial charge in [0.2, 0.25) is 0 Å². The molecule has 2 aromatic rings. The largest absolute Gasteiger partial charge is 0.242 e. The molecule has 0 saturated heterocycles. The lowest BCUT2D eigenvalue weighted by molar-refractivity contribution is 1.34. The van der Waals surface area contributed by atoms with Crippen molar-refractivity contribution in [3.05, 3.63) is 27.7 Å². The zero-order valence-corrected chi connectivity index (χ0v) is 8.46. The number of aryl methyl sites for hydroxylation is 2. The van der Waals surface area contributed by atoms with Crippen LogP contribution in [0.4, 0.5) is 0 Å². The molecule has 0 unspecified atom stereocenters. The van der Waals surface area contributed by atoms with Gasteiger partial charge in [0.05, 0.1) is 15.2 Å². The lowest BCUT2D eigenvalue weighted by Gasteiger charge is -1.94. The molecule has 2 rings (SSSR count). The van der Waals surface area contributed by atoms with Crippen molar-refractivity contribution >= 4 is 33.2 Å². The van der Waals surface area contributed by atoms with Gasteiger partial charge in [0, 0.05) is 5.02 Å². The Bertz CT molecular complexity index is 394. The summed E-state index contributed by atoms with van der Waals surface area (Å²) in [4.78, 5) is 4.37. The fourth-order valence-electron chi connectivity index (χ4n) is 1.17. The number of fused-ring (bicyclic) bond motifs is 1. The minimum Gasteiger partial charge on any atom is -0.242 e.